The molecule has 0 heterocycles. The van der Waals surface area contributed by atoms with Crippen molar-refractivity contribution in [2.75, 3.05) is 79.2 Å². The van der Waals surface area contributed by atoms with Gasteiger partial charge >= 0.3 is 12.2 Å². The van der Waals surface area contributed by atoms with Gasteiger partial charge in [-0.15, -0.1) is 0 Å². The van der Waals surface area contributed by atoms with Crippen LogP contribution in [0.5, 0.6) is 0 Å². The van der Waals surface area contributed by atoms with Crippen molar-refractivity contribution in [2.24, 2.45) is 5.92 Å². The first kappa shape index (κ1) is 56.3. The Labute approximate surface area is 357 Å². The fourth-order valence-electron chi connectivity index (χ4n) is 6.31. The second-order valence-corrected chi connectivity index (χ2v) is 17.1. The first-order chi connectivity index (χ1) is 28.2. The van der Waals surface area contributed by atoms with Crippen LogP contribution in [0.3, 0.4) is 0 Å². The van der Waals surface area contributed by atoms with Crippen molar-refractivity contribution < 1.29 is 42.7 Å². The molecule has 0 fully saturated rings. The number of hydrogen-bond donors (Lipinski definition) is 2. The van der Waals surface area contributed by atoms with Crippen LogP contribution in [-0.2, 0) is 33.2 Å². The Morgan fingerprint density at radius 2 is 0.879 bits per heavy atom. The minimum Gasteiger partial charge on any atom is -0.447 e. The maximum absolute atomic E-state index is 12.4. The summed E-state index contributed by atoms with van der Waals surface area (Å²) in [5.74, 6) is 0.410. The van der Waals surface area contributed by atoms with Gasteiger partial charge in [0.15, 0.2) is 0 Å². The van der Waals surface area contributed by atoms with E-state index in [0.29, 0.717) is 71.9 Å². The topological polar surface area (TPSA) is 123 Å². The number of unbranched alkanes of at least 4 members (excludes halogenated alkanes) is 22. The zero-order chi connectivity index (χ0) is 42.6. The lowest BCUT2D eigenvalue weighted by Gasteiger charge is -2.25. The van der Waals surface area contributed by atoms with Crippen molar-refractivity contribution in [3.63, 3.8) is 0 Å². The second kappa shape index (κ2) is 43.4. The largest absolute Gasteiger partial charge is 0.447 e. The van der Waals surface area contributed by atoms with Crippen LogP contribution < -0.4 is 10.6 Å². The van der Waals surface area contributed by atoms with Crippen molar-refractivity contribution >= 4 is 12.2 Å². The van der Waals surface area contributed by atoms with Gasteiger partial charge in [0.25, 0.3) is 0 Å². The molecular formula is C47H94N2O9. The van der Waals surface area contributed by atoms with E-state index >= 15 is 0 Å². The summed E-state index contributed by atoms with van der Waals surface area (Å²) in [6.07, 6.45) is 30.1. The van der Waals surface area contributed by atoms with Crippen LogP contribution in [0.1, 0.15) is 196 Å². The molecule has 11 nitrogen and oxygen atoms in total. The molecular weight excluding hydrogens is 737 g/mol. The first-order valence-electron chi connectivity index (χ1n) is 24.0. The van der Waals surface area contributed by atoms with Gasteiger partial charge in [-0.2, -0.15) is 0 Å². The molecule has 0 aliphatic heterocycles. The van der Waals surface area contributed by atoms with Gasteiger partial charge < -0.3 is 43.8 Å². The highest BCUT2D eigenvalue weighted by Crippen LogP contribution is 2.14. The molecule has 2 N–H and O–H groups in total. The standard InChI is InChI=1S/C47H94N2O9/c1-7-9-11-13-15-17-19-21-23-25-27-29-33-54-40-44(55-34-30-28-26-24-22-20-18-16-14-12-10-8-2)41-56-45(50)48-31-35-52-37-38-53-36-32-49-46(51)57-42-47(5,6)58-39-43(3)4/h43-44H,7-42H2,1-6H3,(H,48,50)(H,49,51). The van der Waals surface area contributed by atoms with Gasteiger partial charge in [-0.3, -0.25) is 0 Å². The van der Waals surface area contributed by atoms with Crippen molar-refractivity contribution in [1.82, 2.24) is 10.6 Å². The molecule has 0 bridgehead atoms. The molecule has 11 heteroatoms. The third kappa shape index (κ3) is 43.9. The van der Waals surface area contributed by atoms with E-state index in [1.54, 1.807) is 0 Å². The molecule has 0 rings (SSSR count). The minimum absolute atomic E-state index is 0.155. The number of nitrogens with one attached hydrogen (secondary N) is 2. The van der Waals surface area contributed by atoms with Crippen LogP contribution in [0, 0.1) is 5.92 Å². The van der Waals surface area contributed by atoms with Crippen LogP contribution in [0.15, 0.2) is 0 Å². The van der Waals surface area contributed by atoms with Crippen molar-refractivity contribution in [1.29, 1.82) is 0 Å². The monoisotopic (exact) mass is 831 g/mol. The molecule has 0 saturated heterocycles. The van der Waals surface area contributed by atoms with Gasteiger partial charge in [0.05, 0.1) is 38.6 Å². The van der Waals surface area contributed by atoms with Crippen LogP contribution in [0.4, 0.5) is 9.59 Å². The SMILES string of the molecule is CCCCCCCCCCCCCCOCC(COC(=O)NCCOCCOCCNC(=O)OCC(C)(C)OCC(C)C)OCCCCCCCCCCCCCC. The lowest BCUT2D eigenvalue weighted by atomic mass is 10.1. The Balaban J connectivity index is 4.14. The van der Waals surface area contributed by atoms with Crippen LogP contribution in [-0.4, -0.2) is 103 Å². The number of rotatable bonds is 45. The highest BCUT2D eigenvalue weighted by Gasteiger charge is 2.21. The quantitative estimate of drug-likeness (QED) is 0.0577. The Morgan fingerprint density at radius 3 is 1.33 bits per heavy atom. The van der Waals surface area contributed by atoms with Crippen molar-refractivity contribution in [2.45, 2.75) is 207 Å². The lowest BCUT2D eigenvalue weighted by Crippen LogP contribution is -2.36. The smallest absolute Gasteiger partial charge is 0.407 e. The number of carbonyl (C=O) groups is 2. The molecule has 1 unspecified atom stereocenters. The van der Waals surface area contributed by atoms with Crippen molar-refractivity contribution in [3.05, 3.63) is 0 Å². The Kier molecular flexibility index (Phi) is 42.2. The van der Waals surface area contributed by atoms with Gasteiger partial charge in [-0.25, -0.2) is 9.59 Å². The Hall–Kier alpha value is -1.66. The van der Waals surface area contributed by atoms with Crippen LogP contribution >= 0.6 is 0 Å². The molecule has 0 aromatic carbocycles. The van der Waals surface area contributed by atoms with Crippen LogP contribution in [0.25, 0.3) is 0 Å². The normalized spacial score (nSPS) is 12.3. The van der Waals surface area contributed by atoms with E-state index in [9.17, 15) is 9.59 Å². The Morgan fingerprint density at radius 1 is 0.466 bits per heavy atom. The van der Waals surface area contributed by atoms with Crippen molar-refractivity contribution in [3.8, 4) is 0 Å². The summed E-state index contributed by atoms with van der Waals surface area (Å²) in [7, 11) is 0. The third-order valence-electron chi connectivity index (χ3n) is 9.96. The fraction of sp³-hybridized carbons (Fsp3) is 0.957. The molecule has 58 heavy (non-hydrogen) atoms. The van der Waals surface area contributed by atoms with E-state index in [1.807, 2.05) is 13.8 Å². The highest BCUT2D eigenvalue weighted by atomic mass is 16.6. The van der Waals surface area contributed by atoms with E-state index < -0.39 is 17.8 Å². The average molecular weight is 831 g/mol. The number of amides is 2. The molecule has 1 atom stereocenters. The summed E-state index contributed by atoms with van der Waals surface area (Å²) in [6.45, 7) is 17.3. The predicted octanol–water partition coefficient (Wildman–Crippen LogP) is 11.7. The number of alkyl carbamates (subject to hydrolysis) is 2. The van der Waals surface area contributed by atoms with E-state index in [-0.39, 0.29) is 19.3 Å². The third-order valence-corrected chi connectivity index (χ3v) is 9.96. The maximum atomic E-state index is 12.4. The van der Waals surface area contributed by atoms with E-state index in [2.05, 4.69) is 38.3 Å². The predicted molar refractivity (Wildman–Crippen MR) is 238 cm³/mol. The molecule has 0 spiro atoms. The van der Waals surface area contributed by atoms with Crippen LogP contribution in [0.2, 0.25) is 0 Å². The molecule has 0 saturated carbocycles. The number of ether oxygens (including phenoxy) is 7. The molecule has 0 radical (unpaired) electrons. The minimum atomic E-state index is -0.538. The molecule has 2 amide bonds. The van der Waals surface area contributed by atoms with E-state index in [1.165, 1.54) is 135 Å². The summed E-state index contributed by atoms with van der Waals surface area (Å²) in [4.78, 5) is 24.3. The number of carbonyl (C=O) groups excluding carboxylic acids is 2. The Bertz CT molecular complexity index is 877. The average Bonchev–Trinajstić information content (AvgIpc) is 3.20. The molecule has 0 aromatic rings. The number of hydrogen-bond acceptors (Lipinski definition) is 9. The first-order valence-corrected chi connectivity index (χ1v) is 24.0. The zero-order valence-corrected chi connectivity index (χ0v) is 38.8. The second-order valence-electron chi connectivity index (χ2n) is 17.1. The van der Waals surface area contributed by atoms with E-state index in [0.717, 1.165) is 19.3 Å². The van der Waals surface area contributed by atoms with Gasteiger partial charge in [0.2, 0.25) is 0 Å². The molecule has 0 aromatic heterocycles. The van der Waals surface area contributed by atoms with Gasteiger partial charge in [0, 0.05) is 32.9 Å². The zero-order valence-electron chi connectivity index (χ0n) is 38.8. The van der Waals surface area contributed by atoms with Gasteiger partial charge in [-0.1, -0.05) is 169 Å². The molecule has 0 aliphatic rings. The van der Waals surface area contributed by atoms with E-state index in [4.69, 9.17) is 33.2 Å². The maximum Gasteiger partial charge on any atom is 0.407 e. The van der Waals surface area contributed by atoms with Gasteiger partial charge in [-0.05, 0) is 32.6 Å². The summed E-state index contributed by atoms with van der Waals surface area (Å²) in [5, 5.41) is 5.41. The molecule has 346 valence electrons. The highest BCUT2D eigenvalue weighted by molar-refractivity contribution is 5.67. The lowest BCUT2D eigenvalue weighted by molar-refractivity contribution is -0.0664. The molecule has 0 aliphatic carbocycles. The summed E-state index contributed by atoms with van der Waals surface area (Å²) >= 11 is 0. The van der Waals surface area contributed by atoms with Gasteiger partial charge in [0.1, 0.15) is 19.3 Å². The fourth-order valence-corrected chi connectivity index (χ4v) is 6.31. The summed E-state index contributed by atoms with van der Waals surface area (Å²) < 4.78 is 39.7. The summed E-state index contributed by atoms with van der Waals surface area (Å²) in [5.41, 5.74) is -0.538. The summed E-state index contributed by atoms with van der Waals surface area (Å²) in [6, 6.07) is 0.